The van der Waals surface area contributed by atoms with E-state index in [1.807, 2.05) is 18.2 Å². The Balaban J connectivity index is 1.46. The van der Waals surface area contributed by atoms with Gasteiger partial charge in [0.25, 0.3) is 0 Å². The number of carbonyl (C=O) groups is 1. The highest BCUT2D eigenvalue weighted by atomic mass is 32.2. The summed E-state index contributed by atoms with van der Waals surface area (Å²) in [5.74, 6) is 0.380. The molecule has 1 fully saturated rings. The Morgan fingerprint density at radius 3 is 2.59 bits per heavy atom. The molecule has 0 aliphatic carbocycles. The van der Waals surface area contributed by atoms with Crippen LogP contribution in [0, 0.1) is 0 Å². The van der Waals surface area contributed by atoms with Crippen molar-refractivity contribution in [3.8, 4) is 0 Å². The second kappa shape index (κ2) is 7.92. The largest absolute Gasteiger partial charge is 0.453 e. The van der Waals surface area contributed by atoms with E-state index in [0.29, 0.717) is 5.95 Å². The van der Waals surface area contributed by atoms with Crippen LogP contribution in [0.3, 0.4) is 0 Å². The van der Waals surface area contributed by atoms with Crippen LogP contribution in [0.15, 0.2) is 52.3 Å². The molecule has 4 rings (SSSR count). The molecular weight excluding hydrogens is 360 g/mol. The van der Waals surface area contributed by atoms with Gasteiger partial charge in [-0.25, -0.2) is 9.78 Å². The van der Waals surface area contributed by atoms with Gasteiger partial charge in [-0.2, -0.15) is 0 Å². The van der Waals surface area contributed by atoms with Crippen molar-refractivity contribution in [1.29, 1.82) is 0 Å². The first-order valence-corrected chi connectivity index (χ1v) is 9.90. The number of H-pyrrole nitrogens is 1. The maximum Gasteiger partial charge on any atom is 0.413 e. The third-order valence-corrected chi connectivity index (χ3v) is 5.65. The predicted molar refractivity (Wildman–Crippen MR) is 109 cm³/mol. The molecule has 7 heteroatoms. The van der Waals surface area contributed by atoms with E-state index in [4.69, 9.17) is 0 Å². The van der Waals surface area contributed by atoms with E-state index in [1.54, 1.807) is 11.8 Å². The standard InChI is InChI=1S/C20H22N4O2S/c1-26-20(25)23-19-21-17-10-9-16(13-18(17)22-19)27-15-7-5-14(6-8-15)24-11-3-2-4-12-24/h5-10,13H,2-4,11-12H2,1H3,(H2,21,22,23,25). The van der Waals surface area contributed by atoms with Crippen LogP contribution < -0.4 is 10.2 Å². The van der Waals surface area contributed by atoms with Gasteiger partial charge in [-0.3, -0.25) is 5.32 Å². The van der Waals surface area contributed by atoms with Gasteiger partial charge < -0.3 is 14.6 Å². The topological polar surface area (TPSA) is 70.2 Å². The molecule has 0 bridgehead atoms. The number of piperidine rings is 1. The molecule has 6 nitrogen and oxygen atoms in total. The molecule has 0 atom stereocenters. The van der Waals surface area contributed by atoms with Crippen LogP contribution in [-0.2, 0) is 4.74 Å². The lowest BCUT2D eigenvalue weighted by Gasteiger charge is -2.28. The van der Waals surface area contributed by atoms with Crippen LogP contribution in [0.25, 0.3) is 11.0 Å². The first-order chi connectivity index (χ1) is 13.2. The number of hydrogen-bond donors (Lipinski definition) is 2. The summed E-state index contributed by atoms with van der Waals surface area (Å²) in [5.41, 5.74) is 2.97. The van der Waals surface area contributed by atoms with E-state index in [2.05, 4.69) is 49.2 Å². The molecule has 1 amide bonds. The van der Waals surface area contributed by atoms with E-state index in [1.165, 1.54) is 37.0 Å². The third kappa shape index (κ3) is 4.19. The van der Waals surface area contributed by atoms with Crippen molar-refractivity contribution in [2.24, 2.45) is 0 Å². The monoisotopic (exact) mass is 382 g/mol. The number of aromatic amines is 1. The molecule has 1 aromatic heterocycles. The van der Waals surface area contributed by atoms with Gasteiger partial charge >= 0.3 is 6.09 Å². The van der Waals surface area contributed by atoms with Gasteiger partial charge in [0, 0.05) is 28.6 Å². The highest BCUT2D eigenvalue weighted by Crippen LogP contribution is 2.31. The second-order valence-electron chi connectivity index (χ2n) is 6.52. The molecule has 1 aliphatic rings. The number of fused-ring (bicyclic) bond motifs is 1. The summed E-state index contributed by atoms with van der Waals surface area (Å²) in [5, 5.41) is 2.55. The van der Waals surface area contributed by atoms with Crippen LogP contribution in [0.2, 0.25) is 0 Å². The zero-order valence-corrected chi connectivity index (χ0v) is 16.0. The van der Waals surface area contributed by atoms with E-state index in [9.17, 15) is 4.79 Å². The predicted octanol–water partition coefficient (Wildman–Crippen LogP) is 4.88. The zero-order valence-electron chi connectivity index (χ0n) is 15.2. The van der Waals surface area contributed by atoms with Crippen LogP contribution in [0.5, 0.6) is 0 Å². The van der Waals surface area contributed by atoms with Crippen LogP contribution in [0.4, 0.5) is 16.4 Å². The number of imidazole rings is 1. The number of ether oxygens (including phenoxy) is 1. The lowest BCUT2D eigenvalue weighted by atomic mass is 10.1. The Hall–Kier alpha value is -2.67. The Labute approximate surface area is 162 Å². The zero-order chi connectivity index (χ0) is 18.6. The van der Waals surface area contributed by atoms with Gasteiger partial charge in [-0.15, -0.1) is 0 Å². The van der Waals surface area contributed by atoms with Gasteiger partial charge in [0.05, 0.1) is 18.1 Å². The van der Waals surface area contributed by atoms with E-state index < -0.39 is 6.09 Å². The number of methoxy groups -OCH3 is 1. The van der Waals surface area contributed by atoms with Crippen molar-refractivity contribution in [2.45, 2.75) is 29.1 Å². The van der Waals surface area contributed by atoms with Crippen molar-refractivity contribution < 1.29 is 9.53 Å². The third-order valence-electron chi connectivity index (χ3n) is 4.65. The Bertz CT molecular complexity index is 933. The molecule has 0 unspecified atom stereocenters. The fourth-order valence-electron chi connectivity index (χ4n) is 3.27. The molecule has 2 N–H and O–H groups in total. The molecule has 0 spiro atoms. The number of anilines is 2. The van der Waals surface area contributed by atoms with E-state index >= 15 is 0 Å². The summed E-state index contributed by atoms with van der Waals surface area (Å²) in [4.78, 5) is 23.5. The lowest BCUT2D eigenvalue weighted by Crippen LogP contribution is -2.29. The smallest absolute Gasteiger partial charge is 0.413 e. The highest BCUT2D eigenvalue weighted by molar-refractivity contribution is 7.99. The summed E-state index contributed by atoms with van der Waals surface area (Å²) in [6.07, 6.45) is 3.37. The maximum absolute atomic E-state index is 11.3. The average Bonchev–Trinajstić information content (AvgIpc) is 3.10. The molecule has 27 heavy (non-hydrogen) atoms. The molecule has 1 saturated heterocycles. The first-order valence-electron chi connectivity index (χ1n) is 9.09. The van der Waals surface area contributed by atoms with Crippen LogP contribution >= 0.6 is 11.8 Å². The van der Waals surface area contributed by atoms with Crippen LogP contribution in [0.1, 0.15) is 19.3 Å². The normalized spacial score (nSPS) is 14.3. The van der Waals surface area contributed by atoms with Gasteiger partial charge in [0.15, 0.2) is 0 Å². The number of aromatic nitrogens is 2. The van der Waals surface area contributed by atoms with Gasteiger partial charge in [-0.05, 0) is 61.7 Å². The molecule has 2 aromatic carbocycles. The van der Waals surface area contributed by atoms with Gasteiger partial charge in [0.2, 0.25) is 5.95 Å². The minimum Gasteiger partial charge on any atom is -0.453 e. The fraction of sp³-hybridized carbons (Fsp3) is 0.300. The van der Waals surface area contributed by atoms with Crippen molar-refractivity contribution in [3.63, 3.8) is 0 Å². The van der Waals surface area contributed by atoms with Crippen molar-refractivity contribution in [3.05, 3.63) is 42.5 Å². The van der Waals surface area contributed by atoms with Gasteiger partial charge in [0.1, 0.15) is 0 Å². The molecular formula is C20H22N4O2S. The van der Waals surface area contributed by atoms with Crippen molar-refractivity contribution in [1.82, 2.24) is 9.97 Å². The molecule has 0 saturated carbocycles. The maximum atomic E-state index is 11.3. The minimum atomic E-state index is -0.544. The minimum absolute atomic E-state index is 0.380. The first kappa shape index (κ1) is 17.7. The van der Waals surface area contributed by atoms with E-state index in [0.717, 1.165) is 29.0 Å². The number of hydrogen-bond acceptors (Lipinski definition) is 5. The highest BCUT2D eigenvalue weighted by Gasteiger charge is 2.11. The molecule has 3 aromatic rings. The SMILES string of the molecule is COC(=O)Nc1nc2cc(Sc3ccc(N4CCCCC4)cc3)ccc2[nH]1. The average molecular weight is 382 g/mol. The molecule has 1 aliphatic heterocycles. The lowest BCUT2D eigenvalue weighted by molar-refractivity contribution is 0.186. The summed E-state index contributed by atoms with van der Waals surface area (Å²) >= 11 is 1.70. The number of rotatable bonds is 4. The summed E-state index contributed by atoms with van der Waals surface area (Å²) < 4.78 is 4.59. The van der Waals surface area contributed by atoms with Crippen molar-refractivity contribution >= 4 is 40.5 Å². The summed E-state index contributed by atoms with van der Waals surface area (Å²) in [7, 11) is 1.32. The Kier molecular flexibility index (Phi) is 5.20. The number of nitrogens with zero attached hydrogens (tertiary/aromatic N) is 2. The van der Waals surface area contributed by atoms with Gasteiger partial charge in [-0.1, -0.05) is 11.8 Å². The molecule has 140 valence electrons. The fourth-order valence-corrected chi connectivity index (χ4v) is 4.12. The number of carbonyl (C=O) groups excluding carboxylic acids is 1. The Morgan fingerprint density at radius 2 is 1.85 bits per heavy atom. The summed E-state index contributed by atoms with van der Waals surface area (Å²) in [6.45, 7) is 2.31. The number of amides is 1. The Morgan fingerprint density at radius 1 is 1.11 bits per heavy atom. The molecule has 0 radical (unpaired) electrons. The second-order valence-corrected chi connectivity index (χ2v) is 7.67. The summed E-state index contributed by atoms with van der Waals surface area (Å²) in [6, 6.07) is 14.8. The van der Waals surface area contributed by atoms with E-state index in [-0.39, 0.29) is 0 Å². The molecule has 2 heterocycles. The quantitative estimate of drug-likeness (QED) is 0.673. The number of nitrogens with one attached hydrogen (secondary N) is 2. The van der Waals surface area contributed by atoms with Crippen LogP contribution in [-0.4, -0.2) is 36.3 Å². The van der Waals surface area contributed by atoms with Crippen molar-refractivity contribution in [2.75, 3.05) is 30.4 Å². The number of benzene rings is 2.